The van der Waals surface area contributed by atoms with E-state index < -0.39 is 11.8 Å². The van der Waals surface area contributed by atoms with Gasteiger partial charge in [-0.3, -0.25) is 14.4 Å². The van der Waals surface area contributed by atoms with Crippen molar-refractivity contribution in [2.75, 3.05) is 13.1 Å². The Hall–Kier alpha value is -3.07. The van der Waals surface area contributed by atoms with Crippen molar-refractivity contribution in [2.24, 2.45) is 0 Å². The number of nitrogens with one attached hydrogen (secondary N) is 3. The van der Waals surface area contributed by atoms with Gasteiger partial charge in [-0.05, 0) is 12.1 Å². The summed E-state index contributed by atoms with van der Waals surface area (Å²) < 4.78 is 0. The number of H-pyrrole nitrogens is 1. The number of fused-ring (bicyclic) bond motifs is 1. The molecule has 0 aliphatic carbocycles. The molecule has 2 amide bonds. The maximum atomic E-state index is 12.2. The molecule has 0 bridgehead atoms. The third kappa shape index (κ3) is 3.28. The highest BCUT2D eigenvalue weighted by Crippen LogP contribution is 2.06. The molecule has 106 valence electrons. The number of amides is 2. The average Bonchev–Trinajstić information content (AvgIpc) is 2.51. The third-order valence-electron chi connectivity index (χ3n) is 2.83. The van der Waals surface area contributed by atoms with Gasteiger partial charge in [0.05, 0.1) is 13.1 Å². The molecule has 3 N–H and O–H groups in total. The van der Waals surface area contributed by atoms with Crippen LogP contribution in [0.4, 0.5) is 0 Å². The second kappa shape index (κ2) is 6.39. The van der Waals surface area contributed by atoms with E-state index in [1.165, 1.54) is 6.20 Å². The van der Waals surface area contributed by atoms with Crippen molar-refractivity contribution in [3.63, 3.8) is 0 Å². The first kappa shape index (κ1) is 14.3. The number of aromatic nitrogens is 1. The van der Waals surface area contributed by atoms with Crippen LogP contribution in [0.25, 0.3) is 10.9 Å². The van der Waals surface area contributed by atoms with Crippen molar-refractivity contribution in [1.82, 2.24) is 15.6 Å². The molecule has 0 radical (unpaired) electrons. The number of carbonyl (C=O) groups is 2. The van der Waals surface area contributed by atoms with E-state index in [1.54, 1.807) is 24.3 Å². The van der Waals surface area contributed by atoms with E-state index in [1.807, 2.05) is 0 Å². The van der Waals surface area contributed by atoms with E-state index in [-0.39, 0.29) is 24.1 Å². The van der Waals surface area contributed by atoms with Gasteiger partial charge in [0.2, 0.25) is 11.3 Å². The number of pyridine rings is 1. The monoisotopic (exact) mass is 283 g/mol. The summed E-state index contributed by atoms with van der Waals surface area (Å²) in [5, 5.41) is 5.20. The Morgan fingerprint density at radius 1 is 1.24 bits per heavy atom. The molecule has 1 aromatic carbocycles. The molecular weight excluding hydrogens is 270 g/mol. The van der Waals surface area contributed by atoms with E-state index in [2.05, 4.69) is 21.5 Å². The van der Waals surface area contributed by atoms with Gasteiger partial charge >= 0.3 is 0 Å². The smallest absolute Gasteiger partial charge is 0.257 e. The minimum Gasteiger partial charge on any atom is -0.360 e. The fourth-order valence-electron chi connectivity index (χ4n) is 1.80. The molecule has 0 unspecified atom stereocenters. The van der Waals surface area contributed by atoms with Crippen LogP contribution in [-0.2, 0) is 4.79 Å². The van der Waals surface area contributed by atoms with Crippen molar-refractivity contribution in [2.45, 2.75) is 0 Å². The summed E-state index contributed by atoms with van der Waals surface area (Å²) in [5.74, 6) is 1.22. The third-order valence-corrected chi connectivity index (χ3v) is 2.83. The summed E-state index contributed by atoms with van der Waals surface area (Å²) in [6.07, 6.45) is 6.33. The molecule has 0 saturated heterocycles. The topological polar surface area (TPSA) is 91.1 Å². The predicted molar refractivity (Wildman–Crippen MR) is 78.7 cm³/mol. The standard InChI is InChI=1S/C15H13N3O3/c1-2-7-16-13(19)9-18-15(21)11-8-17-12-6-4-3-5-10(12)14(11)20/h1,3-6,8H,7,9H2,(H,16,19)(H,17,20)(H,18,21). The molecule has 0 saturated carbocycles. The van der Waals surface area contributed by atoms with Gasteiger partial charge in [0.1, 0.15) is 5.56 Å². The number of aromatic amines is 1. The Kier molecular flexibility index (Phi) is 4.36. The molecular formula is C15H13N3O3. The number of terminal acetylenes is 1. The van der Waals surface area contributed by atoms with E-state index in [4.69, 9.17) is 6.42 Å². The van der Waals surface area contributed by atoms with Crippen molar-refractivity contribution in [1.29, 1.82) is 0 Å². The Bertz CT molecular complexity index is 787. The summed E-state index contributed by atoms with van der Waals surface area (Å²) in [4.78, 5) is 38.3. The summed E-state index contributed by atoms with van der Waals surface area (Å²) in [5.41, 5.74) is 0.218. The number of benzene rings is 1. The molecule has 0 spiro atoms. The van der Waals surface area contributed by atoms with Crippen LogP contribution in [0.3, 0.4) is 0 Å². The molecule has 0 aliphatic rings. The molecule has 2 aromatic rings. The van der Waals surface area contributed by atoms with Gasteiger partial charge in [-0.1, -0.05) is 18.1 Å². The molecule has 0 aliphatic heterocycles. The molecule has 0 atom stereocenters. The Labute approximate surface area is 120 Å². The lowest BCUT2D eigenvalue weighted by atomic mass is 10.1. The fourth-order valence-corrected chi connectivity index (χ4v) is 1.80. The lowest BCUT2D eigenvalue weighted by Gasteiger charge is -2.05. The van der Waals surface area contributed by atoms with Crippen LogP contribution in [-0.4, -0.2) is 29.9 Å². The zero-order valence-corrected chi connectivity index (χ0v) is 11.1. The van der Waals surface area contributed by atoms with Gasteiger partial charge in [0, 0.05) is 17.1 Å². The van der Waals surface area contributed by atoms with Crippen LogP contribution < -0.4 is 16.1 Å². The lowest BCUT2D eigenvalue weighted by molar-refractivity contribution is -0.119. The van der Waals surface area contributed by atoms with Crippen LogP contribution in [0.2, 0.25) is 0 Å². The van der Waals surface area contributed by atoms with Gasteiger partial charge in [-0.2, -0.15) is 0 Å². The number of carbonyl (C=O) groups excluding carboxylic acids is 2. The quantitative estimate of drug-likeness (QED) is 0.690. The maximum Gasteiger partial charge on any atom is 0.257 e. The summed E-state index contributed by atoms with van der Waals surface area (Å²) in [6.45, 7) is -0.155. The number of para-hydroxylation sites is 1. The first-order valence-electron chi connectivity index (χ1n) is 6.22. The highest BCUT2D eigenvalue weighted by atomic mass is 16.2. The minimum absolute atomic E-state index is 0.0431. The zero-order valence-electron chi connectivity index (χ0n) is 11.1. The van der Waals surface area contributed by atoms with Crippen LogP contribution in [0.5, 0.6) is 0 Å². The van der Waals surface area contributed by atoms with Crippen molar-refractivity contribution < 1.29 is 9.59 Å². The van der Waals surface area contributed by atoms with E-state index in [0.717, 1.165) is 0 Å². The van der Waals surface area contributed by atoms with Crippen molar-refractivity contribution in [3.05, 3.63) is 46.2 Å². The van der Waals surface area contributed by atoms with Gasteiger partial charge in [0.25, 0.3) is 5.91 Å². The lowest BCUT2D eigenvalue weighted by Crippen LogP contribution is -2.38. The second-order valence-electron chi connectivity index (χ2n) is 4.24. The summed E-state index contributed by atoms with van der Waals surface area (Å²) >= 11 is 0. The van der Waals surface area contributed by atoms with Crippen LogP contribution in [0, 0.1) is 12.3 Å². The number of hydrogen-bond acceptors (Lipinski definition) is 3. The van der Waals surface area contributed by atoms with Crippen LogP contribution in [0.15, 0.2) is 35.3 Å². The first-order valence-corrected chi connectivity index (χ1v) is 6.22. The zero-order chi connectivity index (χ0) is 15.2. The van der Waals surface area contributed by atoms with Gasteiger partial charge < -0.3 is 15.6 Å². The van der Waals surface area contributed by atoms with Gasteiger partial charge in [-0.15, -0.1) is 6.42 Å². The van der Waals surface area contributed by atoms with Crippen molar-refractivity contribution >= 4 is 22.7 Å². The van der Waals surface area contributed by atoms with Crippen LogP contribution >= 0.6 is 0 Å². The molecule has 0 fully saturated rings. The molecule has 6 heteroatoms. The largest absolute Gasteiger partial charge is 0.360 e. The molecule has 21 heavy (non-hydrogen) atoms. The summed E-state index contributed by atoms with van der Waals surface area (Å²) in [6, 6.07) is 6.87. The Balaban J connectivity index is 2.13. The highest BCUT2D eigenvalue weighted by Gasteiger charge is 2.13. The SMILES string of the molecule is C#CCNC(=O)CNC(=O)c1c[nH]c2ccccc2c1=O. The molecule has 1 aromatic heterocycles. The average molecular weight is 283 g/mol. The predicted octanol–water partition coefficient (Wildman–Crippen LogP) is 0.00730. The first-order chi connectivity index (χ1) is 10.1. The maximum absolute atomic E-state index is 12.2. The molecule has 2 rings (SSSR count). The fraction of sp³-hybridized carbons (Fsp3) is 0.133. The minimum atomic E-state index is -0.613. The normalized spacial score (nSPS) is 9.86. The highest BCUT2D eigenvalue weighted by molar-refractivity contribution is 5.98. The van der Waals surface area contributed by atoms with Crippen molar-refractivity contribution in [3.8, 4) is 12.3 Å². The molecule has 6 nitrogen and oxygen atoms in total. The number of hydrogen-bond donors (Lipinski definition) is 3. The second-order valence-corrected chi connectivity index (χ2v) is 4.24. The molecule has 1 heterocycles. The summed E-state index contributed by atoms with van der Waals surface area (Å²) in [7, 11) is 0. The van der Waals surface area contributed by atoms with E-state index in [0.29, 0.717) is 10.9 Å². The van der Waals surface area contributed by atoms with Gasteiger partial charge in [-0.25, -0.2) is 0 Å². The van der Waals surface area contributed by atoms with E-state index in [9.17, 15) is 14.4 Å². The van der Waals surface area contributed by atoms with Gasteiger partial charge in [0.15, 0.2) is 0 Å². The Morgan fingerprint density at radius 3 is 2.76 bits per heavy atom. The number of rotatable bonds is 4. The Morgan fingerprint density at radius 2 is 2.00 bits per heavy atom. The van der Waals surface area contributed by atoms with E-state index >= 15 is 0 Å². The van der Waals surface area contributed by atoms with Crippen LogP contribution in [0.1, 0.15) is 10.4 Å².